The largest absolute Gasteiger partial charge is 0.330 e. The minimum atomic E-state index is -0.705. The number of allylic oxidation sites excluding steroid dienone is 7. The van der Waals surface area contributed by atoms with E-state index in [1.54, 1.807) is 24.3 Å². The Morgan fingerprint density at radius 3 is 2.09 bits per heavy atom. The summed E-state index contributed by atoms with van der Waals surface area (Å²) in [5.74, 6) is -0.705. The van der Waals surface area contributed by atoms with E-state index in [4.69, 9.17) is 13.6 Å². The van der Waals surface area contributed by atoms with Crippen LogP contribution in [0.4, 0.5) is 0 Å². The summed E-state index contributed by atoms with van der Waals surface area (Å²) in [6, 6.07) is 0. The summed E-state index contributed by atoms with van der Waals surface area (Å²) in [4.78, 5) is 4.59. The van der Waals surface area contributed by atoms with E-state index in [1.807, 2.05) is 13.0 Å². The molecular weight excluding hydrogens is 267 g/mol. The third-order valence-electron chi connectivity index (χ3n) is 3.01. The van der Waals surface area contributed by atoms with E-state index in [0.29, 0.717) is 11.4 Å². The number of nitrogens with two attached hydrogens (primary N) is 1. The van der Waals surface area contributed by atoms with Gasteiger partial charge in [-0.1, -0.05) is 63.6 Å². The molecule has 0 aromatic heterocycles. The first-order valence-electron chi connectivity index (χ1n) is 7.18. The van der Waals surface area contributed by atoms with Gasteiger partial charge in [-0.3, -0.25) is 4.99 Å². The summed E-state index contributed by atoms with van der Waals surface area (Å²) in [5.41, 5.74) is 9.62. The lowest BCUT2D eigenvalue weighted by Crippen LogP contribution is -2.29. The Morgan fingerprint density at radius 2 is 1.73 bits per heavy atom. The van der Waals surface area contributed by atoms with E-state index in [9.17, 15) is 0 Å². The van der Waals surface area contributed by atoms with Crippen molar-refractivity contribution in [3.05, 3.63) is 85.2 Å². The van der Waals surface area contributed by atoms with Crippen LogP contribution in [0.25, 0.3) is 0 Å². The van der Waals surface area contributed by atoms with E-state index < -0.39 is 5.94 Å². The molecule has 0 saturated heterocycles. The highest BCUT2D eigenvalue weighted by atomic mass is 14.8. The molecule has 0 aliphatic rings. The Bertz CT molecular complexity index is 548. The van der Waals surface area contributed by atoms with Crippen LogP contribution >= 0.6 is 0 Å². The summed E-state index contributed by atoms with van der Waals surface area (Å²) in [5, 5.41) is 0. The highest BCUT2D eigenvalue weighted by molar-refractivity contribution is 6.28. The van der Waals surface area contributed by atoms with Gasteiger partial charge in [0.25, 0.3) is 0 Å². The summed E-state index contributed by atoms with van der Waals surface area (Å²) in [6.45, 7) is 19.2. The number of rotatable bonds is 9. The standard InChI is InChI=1S/C19H25BN2/c1-7-12-13-16(14(6)8-2)18(15(9-3)10-4)22-17(11-5)19(20)21/h8-13,19H,2-5,7,21H2,1,6H3/b13-12-,16-14+,22-17?. The summed E-state index contributed by atoms with van der Waals surface area (Å²) >= 11 is 0. The van der Waals surface area contributed by atoms with E-state index in [0.717, 1.165) is 23.1 Å². The predicted octanol–water partition coefficient (Wildman–Crippen LogP) is 4.16. The van der Waals surface area contributed by atoms with Gasteiger partial charge in [0, 0.05) is 17.2 Å². The maximum atomic E-state index is 5.73. The molecule has 22 heavy (non-hydrogen) atoms. The van der Waals surface area contributed by atoms with Gasteiger partial charge < -0.3 is 5.73 Å². The quantitative estimate of drug-likeness (QED) is 0.387. The number of nitrogens with zero attached hydrogens (tertiary/aromatic N) is 1. The van der Waals surface area contributed by atoms with Crippen molar-refractivity contribution in [3.63, 3.8) is 0 Å². The van der Waals surface area contributed by atoms with Gasteiger partial charge in [0.1, 0.15) is 0 Å². The fourth-order valence-corrected chi connectivity index (χ4v) is 1.69. The van der Waals surface area contributed by atoms with Crippen LogP contribution in [0, 0.1) is 0 Å². The van der Waals surface area contributed by atoms with Crippen LogP contribution in [0.3, 0.4) is 0 Å². The fourth-order valence-electron chi connectivity index (χ4n) is 1.69. The van der Waals surface area contributed by atoms with Gasteiger partial charge in [0.2, 0.25) is 0 Å². The Kier molecular flexibility index (Phi) is 9.56. The number of hydrogen-bond donors (Lipinski definition) is 1. The molecule has 0 fully saturated rings. The lowest BCUT2D eigenvalue weighted by Gasteiger charge is -2.13. The lowest BCUT2D eigenvalue weighted by atomic mass is 9.92. The van der Waals surface area contributed by atoms with Crippen LogP contribution in [0.1, 0.15) is 20.3 Å². The minimum absolute atomic E-state index is 0.496. The summed E-state index contributed by atoms with van der Waals surface area (Å²) in [7, 11) is 5.73. The first-order chi connectivity index (χ1) is 10.5. The molecule has 1 unspecified atom stereocenters. The molecule has 0 amide bonds. The molecule has 2 radical (unpaired) electrons. The molecule has 2 nitrogen and oxygen atoms in total. The van der Waals surface area contributed by atoms with Crippen molar-refractivity contribution in [1.82, 2.24) is 0 Å². The van der Waals surface area contributed by atoms with Crippen LogP contribution in [0.15, 0.2) is 90.2 Å². The van der Waals surface area contributed by atoms with Gasteiger partial charge in [0.05, 0.1) is 13.5 Å². The third kappa shape index (κ3) is 5.70. The molecule has 0 saturated carbocycles. The Balaban J connectivity index is 6.54. The van der Waals surface area contributed by atoms with Gasteiger partial charge >= 0.3 is 0 Å². The maximum absolute atomic E-state index is 5.73. The third-order valence-corrected chi connectivity index (χ3v) is 3.01. The second kappa shape index (κ2) is 10.6. The average Bonchev–Trinajstić information content (AvgIpc) is 2.52. The average molecular weight is 292 g/mol. The van der Waals surface area contributed by atoms with Crippen LogP contribution in [-0.2, 0) is 0 Å². The molecule has 0 bridgehead atoms. The van der Waals surface area contributed by atoms with Crippen LogP contribution in [-0.4, -0.2) is 19.5 Å². The zero-order valence-corrected chi connectivity index (χ0v) is 13.7. The highest BCUT2D eigenvalue weighted by Crippen LogP contribution is 2.24. The lowest BCUT2D eigenvalue weighted by molar-refractivity contribution is 1.16. The fraction of sp³-hybridized carbons (Fsp3) is 0.211. The topological polar surface area (TPSA) is 38.4 Å². The molecule has 0 aromatic rings. The molecule has 114 valence electrons. The second-order valence-electron chi connectivity index (χ2n) is 4.59. The van der Waals surface area contributed by atoms with E-state index in [-0.39, 0.29) is 0 Å². The normalized spacial score (nSPS) is 14.0. The van der Waals surface area contributed by atoms with Gasteiger partial charge in [0.15, 0.2) is 0 Å². The molecule has 1 atom stereocenters. The molecule has 0 spiro atoms. The van der Waals surface area contributed by atoms with Crippen LogP contribution in [0.5, 0.6) is 0 Å². The number of hydrogen-bond acceptors (Lipinski definition) is 2. The molecule has 0 aromatic carbocycles. The zero-order valence-electron chi connectivity index (χ0n) is 13.7. The highest BCUT2D eigenvalue weighted by Gasteiger charge is 2.10. The first-order valence-corrected chi connectivity index (χ1v) is 7.18. The Labute approximate surface area is 136 Å². The molecule has 0 rings (SSSR count). The maximum Gasteiger partial charge on any atom is 0.0990 e. The molecule has 0 aliphatic carbocycles. The smallest absolute Gasteiger partial charge is 0.0990 e. The Hall–Kier alpha value is -2.13. The Morgan fingerprint density at radius 1 is 1.14 bits per heavy atom. The van der Waals surface area contributed by atoms with Crippen molar-refractivity contribution in [2.24, 2.45) is 10.7 Å². The van der Waals surface area contributed by atoms with Crippen molar-refractivity contribution < 1.29 is 0 Å². The monoisotopic (exact) mass is 292 g/mol. The zero-order chi connectivity index (χ0) is 17.1. The van der Waals surface area contributed by atoms with Gasteiger partial charge in [-0.2, -0.15) is 0 Å². The van der Waals surface area contributed by atoms with Crippen molar-refractivity contribution in [1.29, 1.82) is 0 Å². The van der Waals surface area contributed by atoms with Gasteiger partial charge in [-0.15, -0.1) is 0 Å². The minimum Gasteiger partial charge on any atom is -0.330 e. The van der Waals surface area contributed by atoms with Crippen LogP contribution in [0.2, 0.25) is 0 Å². The van der Waals surface area contributed by atoms with Crippen LogP contribution < -0.4 is 5.73 Å². The van der Waals surface area contributed by atoms with E-state index in [1.165, 1.54) is 0 Å². The molecule has 0 heterocycles. The molecule has 2 N–H and O–H groups in total. The molecular formula is C19H25BN2. The summed E-state index contributed by atoms with van der Waals surface area (Å²) in [6.07, 6.45) is 11.7. The predicted molar refractivity (Wildman–Crippen MR) is 101 cm³/mol. The van der Waals surface area contributed by atoms with E-state index in [2.05, 4.69) is 44.3 Å². The van der Waals surface area contributed by atoms with Crippen molar-refractivity contribution in [2.45, 2.75) is 26.2 Å². The van der Waals surface area contributed by atoms with Crippen molar-refractivity contribution in [2.75, 3.05) is 0 Å². The van der Waals surface area contributed by atoms with Gasteiger partial charge in [-0.05, 0) is 30.6 Å². The van der Waals surface area contributed by atoms with Crippen molar-refractivity contribution in [3.8, 4) is 0 Å². The SMILES string of the molecule is [B]C(N)C(C=C)=NC(=C(C=C)C=C)C(/C=C\CC)=C(\C)C=C. The second-order valence-corrected chi connectivity index (χ2v) is 4.59. The summed E-state index contributed by atoms with van der Waals surface area (Å²) < 4.78 is 0. The van der Waals surface area contributed by atoms with Gasteiger partial charge in [-0.25, -0.2) is 0 Å². The number of aliphatic imine (C=N–C) groups is 1. The van der Waals surface area contributed by atoms with Crippen molar-refractivity contribution >= 4 is 13.6 Å². The van der Waals surface area contributed by atoms with E-state index >= 15 is 0 Å². The molecule has 0 aliphatic heterocycles. The molecule has 3 heteroatoms. The first kappa shape index (κ1) is 19.9.